The van der Waals surface area contributed by atoms with Crippen LogP contribution in [0.4, 0.5) is 0 Å². The van der Waals surface area contributed by atoms with Crippen LogP contribution in [0.5, 0.6) is 0 Å². The number of nitrogens with zero attached hydrogens (tertiary/aromatic N) is 1. The summed E-state index contributed by atoms with van der Waals surface area (Å²) in [6.45, 7) is 3.20. The zero-order valence-electron chi connectivity index (χ0n) is 8.79. The first kappa shape index (κ1) is 11.9. The molecule has 1 aliphatic heterocycles. The Bertz CT molecular complexity index is 224. The van der Waals surface area contributed by atoms with Crippen LogP contribution in [0.3, 0.4) is 0 Å². The number of nitrogens with two attached hydrogens (primary N) is 1. The Hall–Kier alpha value is -1.14. The summed E-state index contributed by atoms with van der Waals surface area (Å²) in [7, 11) is 0. The molecule has 0 atom stereocenters. The molecule has 0 unspecified atom stereocenters. The largest absolute Gasteiger partial charge is 0.346 e. The second-order valence-corrected chi connectivity index (χ2v) is 3.47. The average molecular weight is 214 g/mol. The summed E-state index contributed by atoms with van der Waals surface area (Å²) >= 11 is 0. The third-order valence-electron chi connectivity index (χ3n) is 2.31. The summed E-state index contributed by atoms with van der Waals surface area (Å²) in [5, 5.41) is 5.68. The molecule has 4 N–H and O–H groups in total. The molecule has 0 saturated carbocycles. The van der Waals surface area contributed by atoms with E-state index in [4.69, 9.17) is 5.73 Å². The van der Waals surface area contributed by atoms with Crippen LogP contribution in [0.15, 0.2) is 0 Å². The Morgan fingerprint density at radius 3 is 2.87 bits per heavy atom. The highest BCUT2D eigenvalue weighted by atomic mass is 16.2. The van der Waals surface area contributed by atoms with Gasteiger partial charge in [0.05, 0.1) is 13.1 Å². The number of rotatable bonds is 3. The number of hydrogen-bond donors (Lipinski definition) is 3. The van der Waals surface area contributed by atoms with Gasteiger partial charge < -0.3 is 21.3 Å². The van der Waals surface area contributed by atoms with E-state index < -0.39 is 0 Å². The van der Waals surface area contributed by atoms with Crippen molar-refractivity contribution in [3.63, 3.8) is 0 Å². The Morgan fingerprint density at radius 1 is 1.33 bits per heavy atom. The lowest BCUT2D eigenvalue weighted by Crippen LogP contribution is -2.43. The van der Waals surface area contributed by atoms with Crippen LogP contribution in [0.2, 0.25) is 0 Å². The molecule has 0 aliphatic carbocycles. The third-order valence-corrected chi connectivity index (χ3v) is 2.31. The minimum Gasteiger partial charge on any atom is -0.346 e. The monoisotopic (exact) mass is 214 g/mol. The van der Waals surface area contributed by atoms with Crippen molar-refractivity contribution in [3.05, 3.63) is 0 Å². The fourth-order valence-electron chi connectivity index (χ4n) is 1.45. The molecule has 1 rings (SSSR count). The lowest BCUT2D eigenvalue weighted by molar-refractivity contribution is -0.132. The lowest BCUT2D eigenvalue weighted by Gasteiger charge is -2.19. The average Bonchev–Trinajstić information content (AvgIpc) is 2.53. The van der Waals surface area contributed by atoms with Gasteiger partial charge in [-0.25, -0.2) is 0 Å². The summed E-state index contributed by atoms with van der Waals surface area (Å²) in [5.74, 6) is -0.336. The minimum absolute atomic E-state index is 0.0412. The van der Waals surface area contributed by atoms with E-state index in [1.54, 1.807) is 4.90 Å². The van der Waals surface area contributed by atoms with Crippen molar-refractivity contribution in [1.82, 2.24) is 15.5 Å². The molecule has 0 aromatic heterocycles. The molecule has 86 valence electrons. The van der Waals surface area contributed by atoms with Gasteiger partial charge in [-0.15, -0.1) is 0 Å². The fourth-order valence-corrected chi connectivity index (χ4v) is 1.45. The Labute approximate surface area is 89.2 Å². The van der Waals surface area contributed by atoms with E-state index >= 15 is 0 Å². The van der Waals surface area contributed by atoms with Crippen LogP contribution < -0.4 is 16.4 Å². The molecule has 0 spiro atoms. The Balaban J connectivity index is 2.28. The number of carbonyl (C=O) groups is 2. The lowest BCUT2D eigenvalue weighted by atomic mass is 10.4. The highest BCUT2D eigenvalue weighted by molar-refractivity contribution is 5.85. The Morgan fingerprint density at radius 2 is 2.13 bits per heavy atom. The number of carbonyl (C=O) groups excluding carboxylic acids is 2. The maximum Gasteiger partial charge on any atom is 0.242 e. The highest BCUT2D eigenvalue weighted by Crippen LogP contribution is 1.95. The van der Waals surface area contributed by atoms with Crippen molar-refractivity contribution < 1.29 is 9.59 Å². The quantitative estimate of drug-likeness (QED) is 0.501. The molecule has 6 nitrogen and oxygen atoms in total. The normalized spacial score (nSPS) is 17.0. The highest BCUT2D eigenvalue weighted by Gasteiger charge is 2.15. The van der Waals surface area contributed by atoms with Crippen LogP contribution in [0.1, 0.15) is 6.42 Å². The van der Waals surface area contributed by atoms with Crippen molar-refractivity contribution in [2.24, 2.45) is 5.73 Å². The van der Waals surface area contributed by atoms with Crippen molar-refractivity contribution in [1.29, 1.82) is 0 Å². The van der Waals surface area contributed by atoms with Crippen molar-refractivity contribution in [2.75, 3.05) is 39.3 Å². The summed E-state index contributed by atoms with van der Waals surface area (Å²) in [6, 6.07) is 0. The molecule has 0 aromatic carbocycles. The molecular weight excluding hydrogens is 196 g/mol. The van der Waals surface area contributed by atoms with Gasteiger partial charge in [0.1, 0.15) is 0 Å². The minimum atomic E-state index is -0.295. The molecule has 0 bridgehead atoms. The van der Waals surface area contributed by atoms with Gasteiger partial charge in [-0.3, -0.25) is 9.59 Å². The van der Waals surface area contributed by atoms with E-state index in [0.717, 1.165) is 26.1 Å². The summed E-state index contributed by atoms with van der Waals surface area (Å²) in [4.78, 5) is 24.2. The van der Waals surface area contributed by atoms with Gasteiger partial charge in [0.2, 0.25) is 11.8 Å². The zero-order chi connectivity index (χ0) is 11.1. The summed E-state index contributed by atoms with van der Waals surface area (Å²) in [6.07, 6.45) is 0.955. The summed E-state index contributed by atoms with van der Waals surface area (Å²) in [5.41, 5.74) is 5.11. The second-order valence-electron chi connectivity index (χ2n) is 3.47. The van der Waals surface area contributed by atoms with E-state index in [9.17, 15) is 9.59 Å². The van der Waals surface area contributed by atoms with E-state index in [1.807, 2.05) is 0 Å². The number of amides is 2. The third kappa shape index (κ3) is 4.26. The first-order chi connectivity index (χ1) is 7.24. The molecule has 1 saturated heterocycles. The molecule has 0 radical (unpaired) electrons. The van der Waals surface area contributed by atoms with Crippen molar-refractivity contribution in [2.45, 2.75) is 6.42 Å². The van der Waals surface area contributed by atoms with E-state index in [0.29, 0.717) is 6.54 Å². The molecule has 6 heteroatoms. The van der Waals surface area contributed by atoms with Crippen molar-refractivity contribution >= 4 is 11.8 Å². The van der Waals surface area contributed by atoms with Crippen LogP contribution in [0, 0.1) is 0 Å². The predicted molar refractivity (Wildman–Crippen MR) is 56.1 cm³/mol. The van der Waals surface area contributed by atoms with E-state index in [-0.39, 0.29) is 24.9 Å². The van der Waals surface area contributed by atoms with Gasteiger partial charge in [-0.05, 0) is 13.0 Å². The topological polar surface area (TPSA) is 87.5 Å². The molecule has 1 heterocycles. The van der Waals surface area contributed by atoms with Crippen molar-refractivity contribution in [3.8, 4) is 0 Å². The van der Waals surface area contributed by atoms with E-state index in [2.05, 4.69) is 10.6 Å². The number of hydrogen-bond acceptors (Lipinski definition) is 4. The standard InChI is InChI=1S/C9H18N4O2/c10-6-8(14)12-7-9(15)13-4-1-2-11-3-5-13/h11H,1-7,10H2,(H,12,14). The van der Waals surface area contributed by atoms with Gasteiger partial charge in [0, 0.05) is 19.6 Å². The molecule has 1 fully saturated rings. The maximum atomic E-state index is 11.6. The van der Waals surface area contributed by atoms with Gasteiger partial charge >= 0.3 is 0 Å². The summed E-state index contributed by atoms with van der Waals surface area (Å²) < 4.78 is 0. The molecule has 0 aromatic rings. The smallest absolute Gasteiger partial charge is 0.242 e. The Kier molecular flexibility index (Phi) is 5.06. The zero-order valence-corrected chi connectivity index (χ0v) is 8.79. The molecule has 1 aliphatic rings. The van der Waals surface area contributed by atoms with Gasteiger partial charge in [-0.2, -0.15) is 0 Å². The van der Waals surface area contributed by atoms with Crippen LogP contribution >= 0.6 is 0 Å². The fraction of sp³-hybridized carbons (Fsp3) is 0.778. The predicted octanol–water partition coefficient (Wildman–Crippen LogP) is -2.12. The van der Waals surface area contributed by atoms with E-state index in [1.165, 1.54) is 0 Å². The van der Waals surface area contributed by atoms with Crippen LogP contribution in [0.25, 0.3) is 0 Å². The van der Waals surface area contributed by atoms with Gasteiger partial charge in [0.15, 0.2) is 0 Å². The maximum absolute atomic E-state index is 11.6. The van der Waals surface area contributed by atoms with Crippen LogP contribution in [-0.2, 0) is 9.59 Å². The molecule has 2 amide bonds. The molecule has 15 heavy (non-hydrogen) atoms. The molecular formula is C9H18N4O2. The first-order valence-corrected chi connectivity index (χ1v) is 5.19. The van der Waals surface area contributed by atoms with Gasteiger partial charge in [0.25, 0.3) is 0 Å². The van der Waals surface area contributed by atoms with Crippen LogP contribution in [-0.4, -0.2) is 56.0 Å². The van der Waals surface area contributed by atoms with Gasteiger partial charge in [-0.1, -0.05) is 0 Å². The first-order valence-electron chi connectivity index (χ1n) is 5.19. The second kappa shape index (κ2) is 6.36. The number of nitrogens with one attached hydrogen (secondary N) is 2. The SMILES string of the molecule is NCC(=O)NCC(=O)N1CCCNCC1.